The van der Waals surface area contributed by atoms with Gasteiger partial charge in [0.25, 0.3) is 5.69 Å². The molecular weight excluding hydrogens is 390 g/mol. The summed E-state index contributed by atoms with van der Waals surface area (Å²) in [6.07, 6.45) is 0. The van der Waals surface area contributed by atoms with Crippen LogP contribution in [0.5, 0.6) is 0 Å². The zero-order valence-electron chi connectivity index (χ0n) is 15.3. The van der Waals surface area contributed by atoms with Crippen molar-refractivity contribution in [3.8, 4) is 17.3 Å². The molecule has 8 nitrogen and oxygen atoms in total. The summed E-state index contributed by atoms with van der Waals surface area (Å²) in [6, 6.07) is 17.1. The van der Waals surface area contributed by atoms with Crippen LogP contribution in [-0.4, -0.2) is 26.6 Å². The maximum absolute atomic E-state index is 12.3. The molecule has 0 unspecified atom stereocenters. The number of benzene rings is 2. The molecule has 0 saturated carbocycles. The van der Waals surface area contributed by atoms with E-state index in [-0.39, 0.29) is 28.6 Å². The molecule has 0 spiro atoms. The van der Waals surface area contributed by atoms with Crippen molar-refractivity contribution in [1.29, 1.82) is 5.26 Å². The maximum Gasteiger partial charge on any atom is 0.270 e. The fourth-order valence-electron chi connectivity index (χ4n) is 2.53. The third-order valence-electron chi connectivity index (χ3n) is 3.84. The highest BCUT2D eigenvalue weighted by Gasteiger charge is 2.14. The fourth-order valence-corrected chi connectivity index (χ4v) is 3.23. The molecule has 0 aliphatic rings. The maximum atomic E-state index is 12.3. The number of anilines is 1. The molecule has 0 aliphatic heterocycles. The number of hydrogen-bond donors (Lipinski definition) is 1. The largest absolute Gasteiger partial charge is 0.324 e. The van der Waals surface area contributed by atoms with Crippen molar-refractivity contribution in [3.63, 3.8) is 0 Å². The average Bonchev–Trinajstić information content (AvgIpc) is 2.72. The first-order valence-electron chi connectivity index (χ1n) is 8.48. The Kier molecular flexibility index (Phi) is 6.16. The van der Waals surface area contributed by atoms with E-state index in [9.17, 15) is 14.9 Å². The number of thioether (sulfide) groups is 1. The predicted molar refractivity (Wildman–Crippen MR) is 109 cm³/mol. The van der Waals surface area contributed by atoms with E-state index in [2.05, 4.69) is 15.3 Å². The van der Waals surface area contributed by atoms with E-state index in [0.29, 0.717) is 5.16 Å². The van der Waals surface area contributed by atoms with Crippen LogP contribution < -0.4 is 5.32 Å². The van der Waals surface area contributed by atoms with E-state index >= 15 is 0 Å². The van der Waals surface area contributed by atoms with Gasteiger partial charge in [0.2, 0.25) is 5.91 Å². The minimum absolute atomic E-state index is 0.0238. The monoisotopic (exact) mass is 405 g/mol. The second-order valence-electron chi connectivity index (χ2n) is 5.98. The number of nitrogens with zero attached hydrogens (tertiary/aromatic N) is 4. The van der Waals surface area contributed by atoms with Gasteiger partial charge in [-0.3, -0.25) is 14.9 Å². The van der Waals surface area contributed by atoms with Crippen LogP contribution in [0, 0.1) is 28.4 Å². The summed E-state index contributed by atoms with van der Waals surface area (Å²) in [6.45, 7) is 1.86. The topological polar surface area (TPSA) is 122 Å². The lowest BCUT2D eigenvalue weighted by molar-refractivity contribution is -0.384. The van der Waals surface area contributed by atoms with Crippen LogP contribution in [-0.2, 0) is 4.79 Å². The number of non-ortho nitro benzene ring substituents is 1. The number of aromatic nitrogens is 2. The number of nitrogens with one attached hydrogen (secondary N) is 1. The summed E-state index contributed by atoms with van der Waals surface area (Å²) in [7, 11) is 0. The highest BCUT2D eigenvalue weighted by molar-refractivity contribution is 7.99. The smallest absolute Gasteiger partial charge is 0.270 e. The van der Waals surface area contributed by atoms with Gasteiger partial charge in [-0.1, -0.05) is 42.1 Å². The zero-order valence-corrected chi connectivity index (χ0v) is 16.1. The molecule has 9 heteroatoms. The summed E-state index contributed by atoms with van der Waals surface area (Å²) in [5.41, 5.74) is 2.53. The number of nitro benzene ring substituents is 1. The van der Waals surface area contributed by atoms with E-state index in [1.54, 1.807) is 0 Å². The van der Waals surface area contributed by atoms with Gasteiger partial charge in [0.05, 0.1) is 27.6 Å². The first kappa shape index (κ1) is 20.0. The number of nitro groups is 1. The van der Waals surface area contributed by atoms with Gasteiger partial charge in [-0.25, -0.2) is 9.97 Å². The van der Waals surface area contributed by atoms with Crippen LogP contribution in [0.15, 0.2) is 59.8 Å². The molecule has 0 atom stereocenters. The van der Waals surface area contributed by atoms with Gasteiger partial charge in [-0.05, 0) is 19.1 Å². The Morgan fingerprint density at radius 2 is 1.97 bits per heavy atom. The highest BCUT2D eigenvalue weighted by Crippen LogP contribution is 2.24. The molecule has 1 heterocycles. The quantitative estimate of drug-likeness (QED) is 0.285. The molecule has 2 aromatic carbocycles. The molecule has 3 rings (SSSR count). The molecule has 3 aromatic rings. The van der Waals surface area contributed by atoms with E-state index in [1.165, 1.54) is 23.9 Å². The van der Waals surface area contributed by atoms with Gasteiger partial charge in [-0.2, -0.15) is 5.26 Å². The molecule has 1 N–H and O–H groups in total. The third kappa shape index (κ3) is 5.15. The third-order valence-corrected chi connectivity index (χ3v) is 4.69. The van der Waals surface area contributed by atoms with E-state index < -0.39 is 4.92 Å². The minimum Gasteiger partial charge on any atom is -0.324 e. The van der Waals surface area contributed by atoms with Crippen molar-refractivity contribution in [3.05, 3.63) is 76.0 Å². The van der Waals surface area contributed by atoms with Gasteiger partial charge in [0.15, 0.2) is 5.16 Å². The number of nitriles is 1. The molecule has 1 amide bonds. The molecule has 29 heavy (non-hydrogen) atoms. The lowest BCUT2D eigenvalue weighted by Crippen LogP contribution is -2.15. The highest BCUT2D eigenvalue weighted by atomic mass is 32.2. The van der Waals surface area contributed by atoms with Crippen LogP contribution in [0.1, 0.15) is 11.3 Å². The number of carbonyl (C=O) groups excluding carboxylic acids is 1. The van der Waals surface area contributed by atoms with Gasteiger partial charge in [0, 0.05) is 23.4 Å². The Balaban J connectivity index is 1.69. The SMILES string of the molecule is Cc1cc(-c2ccccc2)nc(SCC(=O)Nc2ccc([N+](=O)[O-])cc2C#N)n1. The summed E-state index contributed by atoms with van der Waals surface area (Å²) < 4.78 is 0. The number of aryl methyl sites for hydroxylation is 1. The summed E-state index contributed by atoms with van der Waals surface area (Å²) >= 11 is 1.17. The van der Waals surface area contributed by atoms with Crippen molar-refractivity contribution in [1.82, 2.24) is 9.97 Å². The molecule has 0 aliphatic carbocycles. The van der Waals surface area contributed by atoms with Crippen LogP contribution >= 0.6 is 11.8 Å². The molecule has 144 valence electrons. The van der Waals surface area contributed by atoms with Crippen molar-refractivity contribution in [2.45, 2.75) is 12.1 Å². The van der Waals surface area contributed by atoms with Crippen LogP contribution in [0.25, 0.3) is 11.3 Å². The van der Waals surface area contributed by atoms with Crippen molar-refractivity contribution >= 4 is 29.0 Å². The number of carbonyl (C=O) groups is 1. The summed E-state index contributed by atoms with van der Waals surface area (Å²) in [5.74, 6) is -0.341. The lowest BCUT2D eigenvalue weighted by atomic mass is 10.1. The number of amides is 1. The second-order valence-corrected chi connectivity index (χ2v) is 6.92. The van der Waals surface area contributed by atoms with Crippen LogP contribution in [0.4, 0.5) is 11.4 Å². The Morgan fingerprint density at radius 1 is 1.21 bits per heavy atom. The van der Waals surface area contributed by atoms with E-state index in [1.807, 2.05) is 49.4 Å². The van der Waals surface area contributed by atoms with E-state index in [4.69, 9.17) is 5.26 Å². The van der Waals surface area contributed by atoms with Gasteiger partial charge in [-0.15, -0.1) is 0 Å². The molecule has 0 bridgehead atoms. The second kappa shape index (κ2) is 8.95. The Morgan fingerprint density at radius 3 is 2.66 bits per heavy atom. The van der Waals surface area contributed by atoms with Crippen molar-refractivity contribution in [2.24, 2.45) is 0 Å². The minimum atomic E-state index is -0.596. The lowest BCUT2D eigenvalue weighted by Gasteiger charge is -2.08. The first-order chi connectivity index (χ1) is 14.0. The standard InChI is InChI=1S/C20H15N5O3S/c1-13-9-18(14-5-3-2-4-6-14)24-20(22-13)29-12-19(26)23-17-8-7-16(25(27)28)10-15(17)11-21/h2-10H,12H2,1H3,(H,23,26). The molecule has 0 radical (unpaired) electrons. The van der Waals surface area contributed by atoms with Gasteiger partial charge in [0.1, 0.15) is 6.07 Å². The zero-order chi connectivity index (χ0) is 20.8. The fraction of sp³-hybridized carbons (Fsp3) is 0.100. The number of rotatable bonds is 6. The first-order valence-corrected chi connectivity index (χ1v) is 9.47. The van der Waals surface area contributed by atoms with Gasteiger partial charge < -0.3 is 5.32 Å². The Bertz CT molecular complexity index is 1110. The van der Waals surface area contributed by atoms with Gasteiger partial charge >= 0.3 is 0 Å². The predicted octanol–water partition coefficient (Wildman–Crippen LogP) is 3.96. The summed E-state index contributed by atoms with van der Waals surface area (Å²) in [4.78, 5) is 31.3. The summed E-state index contributed by atoms with van der Waals surface area (Å²) in [5, 5.41) is 23.0. The van der Waals surface area contributed by atoms with E-state index in [0.717, 1.165) is 23.0 Å². The van der Waals surface area contributed by atoms with Crippen LogP contribution in [0.2, 0.25) is 0 Å². The van der Waals surface area contributed by atoms with Crippen LogP contribution in [0.3, 0.4) is 0 Å². The molecular formula is C20H15N5O3S. The average molecular weight is 405 g/mol. The Hall–Kier alpha value is -3.77. The number of hydrogen-bond acceptors (Lipinski definition) is 7. The molecule has 0 fully saturated rings. The molecule has 0 saturated heterocycles. The molecule has 1 aromatic heterocycles. The van der Waals surface area contributed by atoms with Crippen molar-refractivity contribution < 1.29 is 9.72 Å². The van der Waals surface area contributed by atoms with Crippen molar-refractivity contribution in [2.75, 3.05) is 11.1 Å². The Labute approximate surface area is 170 Å². The normalized spacial score (nSPS) is 10.2.